The third-order valence-corrected chi connectivity index (χ3v) is 8.44. The van der Waals surface area contributed by atoms with Gasteiger partial charge in [-0.25, -0.2) is 4.79 Å². The van der Waals surface area contributed by atoms with E-state index in [1.807, 2.05) is 30.3 Å². The topological polar surface area (TPSA) is 65.0 Å². The number of carboxylic acid groups (broad SMARTS) is 1. The summed E-state index contributed by atoms with van der Waals surface area (Å²) in [6.07, 6.45) is 5.57. The highest BCUT2D eigenvalue weighted by atomic mass is 16.5. The molecule has 1 N–H and O–H groups in total. The zero-order valence-electron chi connectivity index (χ0n) is 26.0. The normalized spacial score (nSPS) is 14.2. The molecule has 2 unspecified atom stereocenters. The first-order valence-corrected chi connectivity index (χ1v) is 15.7. The van der Waals surface area contributed by atoms with Crippen molar-refractivity contribution in [3.05, 3.63) is 160 Å². The zero-order valence-corrected chi connectivity index (χ0v) is 26.0. The van der Waals surface area contributed by atoms with Gasteiger partial charge in [0.15, 0.2) is 6.10 Å². The van der Waals surface area contributed by atoms with Crippen LogP contribution in [-0.4, -0.2) is 37.5 Å². The van der Waals surface area contributed by atoms with E-state index < -0.39 is 12.1 Å². The number of carboxylic acids is 1. The third-order valence-electron chi connectivity index (χ3n) is 8.44. The van der Waals surface area contributed by atoms with Crippen LogP contribution in [-0.2, 0) is 33.5 Å². The highest BCUT2D eigenvalue weighted by molar-refractivity contribution is 5.79. The summed E-state index contributed by atoms with van der Waals surface area (Å²) in [6.45, 7) is 0.771. The highest BCUT2D eigenvalue weighted by Gasteiger charge is 2.23. The molecule has 0 heterocycles. The highest BCUT2D eigenvalue weighted by Crippen LogP contribution is 2.38. The molecule has 0 radical (unpaired) electrons. The summed E-state index contributed by atoms with van der Waals surface area (Å²) in [4.78, 5) is 11.3. The van der Waals surface area contributed by atoms with E-state index in [1.165, 1.54) is 34.9 Å². The Labute approximate surface area is 270 Å². The first kappa shape index (κ1) is 31.0. The molecule has 0 spiro atoms. The lowest BCUT2D eigenvalue weighted by Gasteiger charge is -2.22. The molecule has 5 aromatic carbocycles. The van der Waals surface area contributed by atoms with E-state index >= 15 is 0 Å². The van der Waals surface area contributed by atoms with E-state index in [0.29, 0.717) is 25.4 Å². The predicted molar refractivity (Wildman–Crippen MR) is 183 cm³/mol. The Balaban J connectivity index is 1.19. The molecule has 0 aromatic heterocycles. The molecule has 0 saturated carbocycles. The Hall–Kier alpha value is -4.97. The largest absolute Gasteiger partial charge is 0.491 e. The fraction of sp³-hybridized carbons (Fsp3) is 0.195. The fourth-order valence-electron chi connectivity index (χ4n) is 5.92. The van der Waals surface area contributed by atoms with Crippen molar-refractivity contribution in [1.82, 2.24) is 0 Å². The monoisotopic (exact) mass is 610 g/mol. The maximum absolute atomic E-state index is 11.3. The number of methoxy groups -OCH3 is 1. The average Bonchev–Trinajstić information content (AvgIpc) is 3.25. The molecule has 0 fully saturated rings. The standard InChI is InChI=1S/C41H38O5/c1-44-39(41(42)43)27-31-14-20-36(21-15-31)45-24-25-46-40-37-22-16-30(13-12-29-8-4-2-5-9-29)26-34(37)17-18-35-28-33(19-23-38(35)40)32-10-6-3-7-11-32/h2-11,14-23,26,28,39-40H,12-13,24-25,27H2,1H3,(H,42,43). The molecular formula is C41H38O5. The van der Waals surface area contributed by atoms with Gasteiger partial charge in [-0.15, -0.1) is 0 Å². The molecule has 6 rings (SSSR count). The van der Waals surface area contributed by atoms with Crippen LogP contribution in [0.15, 0.2) is 121 Å². The molecule has 0 bridgehead atoms. The molecule has 1 aliphatic rings. The van der Waals surface area contributed by atoms with Crippen LogP contribution < -0.4 is 4.74 Å². The lowest BCUT2D eigenvalue weighted by molar-refractivity contribution is -0.148. The van der Waals surface area contributed by atoms with Gasteiger partial charge in [-0.3, -0.25) is 0 Å². The second-order valence-corrected chi connectivity index (χ2v) is 11.5. The quantitative estimate of drug-likeness (QED) is 0.136. The molecule has 232 valence electrons. The van der Waals surface area contributed by atoms with Gasteiger partial charge in [-0.05, 0) is 81.1 Å². The zero-order chi connectivity index (χ0) is 31.7. The lowest BCUT2D eigenvalue weighted by atomic mass is 9.92. The molecule has 1 aliphatic carbocycles. The molecule has 5 heteroatoms. The average molecular weight is 611 g/mol. The van der Waals surface area contributed by atoms with E-state index in [4.69, 9.17) is 14.2 Å². The van der Waals surface area contributed by atoms with E-state index in [9.17, 15) is 9.90 Å². The molecule has 0 amide bonds. The van der Waals surface area contributed by atoms with Gasteiger partial charge in [0.1, 0.15) is 18.5 Å². The second-order valence-electron chi connectivity index (χ2n) is 11.5. The maximum atomic E-state index is 11.3. The SMILES string of the molecule is COC(Cc1ccc(OCCOC2c3ccc(CCc4ccccc4)cc3C=Cc3cc(-c4ccccc4)ccc32)cc1)C(=O)O. The number of hydrogen-bond donors (Lipinski definition) is 1. The van der Waals surface area contributed by atoms with Crippen molar-refractivity contribution < 1.29 is 24.1 Å². The maximum Gasteiger partial charge on any atom is 0.333 e. The minimum Gasteiger partial charge on any atom is -0.491 e. The third kappa shape index (κ3) is 7.63. The van der Waals surface area contributed by atoms with E-state index in [2.05, 4.69) is 103 Å². The summed E-state index contributed by atoms with van der Waals surface area (Å²) in [5, 5.41) is 9.26. The molecule has 5 nitrogen and oxygen atoms in total. The van der Waals surface area contributed by atoms with Gasteiger partial charge < -0.3 is 19.3 Å². The van der Waals surface area contributed by atoms with Gasteiger partial charge in [0, 0.05) is 13.5 Å². The summed E-state index contributed by atoms with van der Waals surface area (Å²) in [5.41, 5.74) is 10.4. The molecule has 0 aliphatic heterocycles. The van der Waals surface area contributed by atoms with E-state index in [-0.39, 0.29) is 6.10 Å². The van der Waals surface area contributed by atoms with Gasteiger partial charge >= 0.3 is 5.97 Å². The van der Waals surface area contributed by atoms with Crippen LogP contribution >= 0.6 is 0 Å². The first-order valence-electron chi connectivity index (χ1n) is 15.7. The van der Waals surface area contributed by atoms with Crippen LogP contribution in [0.2, 0.25) is 0 Å². The minimum absolute atomic E-state index is 0.249. The first-order chi connectivity index (χ1) is 22.6. The molecule has 46 heavy (non-hydrogen) atoms. The summed E-state index contributed by atoms with van der Waals surface area (Å²) in [7, 11) is 1.41. The van der Waals surface area contributed by atoms with Crippen molar-refractivity contribution in [3.8, 4) is 16.9 Å². The van der Waals surface area contributed by atoms with Gasteiger partial charge in [-0.2, -0.15) is 0 Å². The minimum atomic E-state index is -0.975. The number of hydrogen-bond acceptors (Lipinski definition) is 4. The molecule has 5 aromatic rings. The summed E-state index contributed by atoms with van der Waals surface area (Å²) < 4.78 is 17.7. The lowest BCUT2D eigenvalue weighted by Crippen LogP contribution is -2.24. The summed E-state index contributed by atoms with van der Waals surface area (Å²) >= 11 is 0. The van der Waals surface area contributed by atoms with E-state index in [1.54, 1.807) is 0 Å². The number of rotatable bonds is 13. The van der Waals surface area contributed by atoms with Crippen LogP contribution in [0.5, 0.6) is 5.75 Å². The van der Waals surface area contributed by atoms with Gasteiger partial charge in [0.25, 0.3) is 0 Å². The number of carbonyl (C=O) groups is 1. The number of ether oxygens (including phenoxy) is 3. The molecular weight excluding hydrogens is 572 g/mol. The van der Waals surface area contributed by atoms with Crippen molar-refractivity contribution in [2.24, 2.45) is 0 Å². The van der Waals surface area contributed by atoms with Crippen molar-refractivity contribution in [3.63, 3.8) is 0 Å². The molecule has 2 atom stereocenters. The number of fused-ring (bicyclic) bond motifs is 2. The Kier molecular flexibility index (Phi) is 10.0. The number of benzene rings is 5. The Morgan fingerprint density at radius 3 is 2.00 bits per heavy atom. The Morgan fingerprint density at radius 1 is 0.674 bits per heavy atom. The summed E-state index contributed by atoms with van der Waals surface area (Å²) in [6, 6.07) is 41.8. The van der Waals surface area contributed by atoms with Crippen molar-refractivity contribution in [2.45, 2.75) is 31.5 Å². The smallest absolute Gasteiger partial charge is 0.333 e. The number of aliphatic carboxylic acids is 1. The van der Waals surface area contributed by atoms with Gasteiger partial charge in [0.05, 0.1) is 6.61 Å². The van der Waals surface area contributed by atoms with Crippen LogP contribution in [0.1, 0.15) is 45.0 Å². The van der Waals surface area contributed by atoms with Crippen molar-refractivity contribution in [2.75, 3.05) is 20.3 Å². The van der Waals surface area contributed by atoms with Gasteiger partial charge in [0.2, 0.25) is 0 Å². The van der Waals surface area contributed by atoms with Gasteiger partial charge in [-0.1, -0.05) is 115 Å². The van der Waals surface area contributed by atoms with Crippen LogP contribution in [0.3, 0.4) is 0 Å². The van der Waals surface area contributed by atoms with Crippen molar-refractivity contribution in [1.29, 1.82) is 0 Å². The second kappa shape index (κ2) is 14.9. The van der Waals surface area contributed by atoms with Crippen molar-refractivity contribution >= 4 is 18.1 Å². The fourth-order valence-corrected chi connectivity index (χ4v) is 5.92. The van der Waals surface area contributed by atoms with Crippen LogP contribution in [0, 0.1) is 0 Å². The van der Waals surface area contributed by atoms with Crippen LogP contribution in [0.25, 0.3) is 23.3 Å². The molecule has 0 saturated heterocycles. The van der Waals surface area contributed by atoms with E-state index in [0.717, 1.165) is 35.1 Å². The number of aryl methyl sites for hydroxylation is 2. The van der Waals surface area contributed by atoms with Crippen LogP contribution in [0.4, 0.5) is 0 Å². The Bertz CT molecular complexity index is 1780. The summed E-state index contributed by atoms with van der Waals surface area (Å²) in [5.74, 6) is -0.271. The Morgan fingerprint density at radius 2 is 1.30 bits per heavy atom. The predicted octanol–water partition coefficient (Wildman–Crippen LogP) is 8.45.